The second kappa shape index (κ2) is 13.5. The van der Waals surface area contributed by atoms with Crippen LogP contribution < -0.4 is 10.6 Å². The Morgan fingerprint density at radius 2 is 1.79 bits per heavy atom. The number of imidazole rings is 1. The van der Waals surface area contributed by atoms with Crippen LogP contribution in [0.25, 0.3) is 0 Å². The Morgan fingerprint density at radius 1 is 1.03 bits per heavy atom. The first-order valence-electron chi connectivity index (χ1n) is 12.1. The van der Waals surface area contributed by atoms with Gasteiger partial charge in [0.05, 0.1) is 12.6 Å². The minimum Gasteiger partial charge on any atom is -0.357 e. The predicted molar refractivity (Wildman–Crippen MR) is 151 cm³/mol. The van der Waals surface area contributed by atoms with Crippen molar-refractivity contribution in [1.82, 2.24) is 25.1 Å². The zero-order valence-corrected chi connectivity index (χ0v) is 22.6. The number of nitrogens with one attached hydrogen (secondary N) is 2. The van der Waals surface area contributed by atoms with Crippen LogP contribution in [-0.4, -0.2) is 46.6 Å². The Hall–Kier alpha value is -2.39. The lowest BCUT2D eigenvalue weighted by Crippen LogP contribution is -2.42. The SMILES string of the molecule is CCNC(=NCc1cccc(Cn2ccnc2C)c1)NCC(c1ccccc1)N1CCCC1.I. The molecule has 2 heterocycles. The molecule has 1 aliphatic heterocycles. The fraction of sp³-hybridized carbons (Fsp3) is 0.407. The van der Waals surface area contributed by atoms with Crippen molar-refractivity contribution in [2.45, 2.75) is 45.8 Å². The van der Waals surface area contributed by atoms with E-state index in [1.54, 1.807) is 0 Å². The molecule has 0 aliphatic carbocycles. The first-order valence-corrected chi connectivity index (χ1v) is 12.1. The van der Waals surface area contributed by atoms with Crippen LogP contribution in [0.3, 0.4) is 0 Å². The van der Waals surface area contributed by atoms with Crippen molar-refractivity contribution in [3.8, 4) is 0 Å². The van der Waals surface area contributed by atoms with Gasteiger partial charge in [-0.05, 0) is 56.5 Å². The van der Waals surface area contributed by atoms with Gasteiger partial charge in [0.15, 0.2) is 5.96 Å². The Labute approximate surface area is 220 Å². The summed E-state index contributed by atoms with van der Waals surface area (Å²) in [6.45, 7) is 9.63. The molecule has 6 nitrogen and oxygen atoms in total. The van der Waals surface area contributed by atoms with E-state index in [1.165, 1.54) is 29.5 Å². The molecule has 1 saturated heterocycles. The first kappa shape index (κ1) is 26.2. The van der Waals surface area contributed by atoms with Crippen LogP contribution in [0.2, 0.25) is 0 Å². The number of hydrogen-bond donors (Lipinski definition) is 2. The van der Waals surface area contributed by atoms with Gasteiger partial charge in [-0.3, -0.25) is 4.90 Å². The number of hydrogen-bond acceptors (Lipinski definition) is 3. The number of likely N-dealkylation sites (tertiary alicyclic amines) is 1. The van der Waals surface area contributed by atoms with Gasteiger partial charge in [-0.25, -0.2) is 9.98 Å². The van der Waals surface area contributed by atoms with Crippen molar-refractivity contribution < 1.29 is 0 Å². The average molecular weight is 573 g/mol. The monoisotopic (exact) mass is 572 g/mol. The third-order valence-electron chi connectivity index (χ3n) is 6.26. The van der Waals surface area contributed by atoms with Crippen molar-refractivity contribution in [1.29, 1.82) is 0 Å². The summed E-state index contributed by atoms with van der Waals surface area (Å²) in [5.74, 6) is 1.90. The molecule has 1 atom stereocenters. The third kappa shape index (κ3) is 7.30. The molecule has 1 aromatic heterocycles. The Morgan fingerprint density at radius 3 is 2.50 bits per heavy atom. The van der Waals surface area contributed by atoms with Gasteiger partial charge in [0.1, 0.15) is 5.82 Å². The van der Waals surface area contributed by atoms with Gasteiger partial charge in [0, 0.05) is 32.0 Å². The topological polar surface area (TPSA) is 57.5 Å². The Balaban J connectivity index is 0.00000324. The van der Waals surface area contributed by atoms with E-state index in [4.69, 9.17) is 4.99 Å². The number of aromatic nitrogens is 2. The number of guanidine groups is 1. The summed E-state index contributed by atoms with van der Waals surface area (Å²) < 4.78 is 2.16. The molecule has 1 unspecified atom stereocenters. The van der Waals surface area contributed by atoms with Crippen molar-refractivity contribution in [3.05, 3.63) is 89.5 Å². The largest absolute Gasteiger partial charge is 0.357 e. The highest BCUT2D eigenvalue weighted by molar-refractivity contribution is 14.0. The van der Waals surface area contributed by atoms with E-state index in [9.17, 15) is 0 Å². The van der Waals surface area contributed by atoms with E-state index >= 15 is 0 Å². The van der Waals surface area contributed by atoms with Crippen LogP contribution >= 0.6 is 24.0 Å². The maximum absolute atomic E-state index is 4.89. The van der Waals surface area contributed by atoms with Crippen LogP contribution in [0.4, 0.5) is 0 Å². The first-order chi connectivity index (χ1) is 16.2. The number of rotatable bonds is 9. The molecular weight excluding hydrogens is 535 g/mol. The maximum Gasteiger partial charge on any atom is 0.191 e. The fourth-order valence-electron chi connectivity index (χ4n) is 4.49. The second-order valence-corrected chi connectivity index (χ2v) is 8.67. The molecule has 2 aromatic carbocycles. The molecular formula is C27H37IN6. The molecule has 0 saturated carbocycles. The van der Waals surface area contributed by atoms with E-state index in [1.807, 2.05) is 19.3 Å². The summed E-state index contributed by atoms with van der Waals surface area (Å²) in [4.78, 5) is 11.8. The predicted octanol–water partition coefficient (Wildman–Crippen LogP) is 4.75. The fourth-order valence-corrected chi connectivity index (χ4v) is 4.49. The van der Waals surface area contributed by atoms with Gasteiger partial charge in [0.2, 0.25) is 0 Å². The highest BCUT2D eigenvalue weighted by Crippen LogP contribution is 2.24. The van der Waals surface area contributed by atoms with Crippen LogP contribution in [0.5, 0.6) is 0 Å². The molecule has 4 rings (SSSR count). The van der Waals surface area contributed by atoms with Gasteiger partial charge >= 0.3 is 0 Å². The van der Waals surface area contributed by atoms with Gasteiger partial charge < -0.3 is 15.2 Å². The molecule has 3 aromatic rings. The molecule has 2 N–H and O–H groups in total. The van der Waals surface area contributed by atoms with Crippen molar-refractivity contribution in [2.24, 2.45) is 4.99 Å². The van der Waals surface area contributed by atoms with Crippen LogP contribution in [0.15, 0.2) is 72.0 Å². The number of aryl methyl sites for hydroxylation is 1. The van der Waals surface area contributed by atoms with Crippen molar-refractivity contribution in [3.63, 3.8) is 0 Å². The van der Waals surface area contributed by atoms with E-state index in [-0.39, 0.29) is 24.0 Å². The zero-order valence-electron chi connectivity index (χ0n) is 20.3. The standard InChI is InChI=1S/C27H36N6.HI/c1-3-28-27(31-20-26(32-15-7-8-16-32)25-12-5-4-6-13-25)30-19-23-10-9-11-24(18-23)21-33-17-14-29-22(33)2;/h4-6,9-14,17-18,26H,3,7-8,15-16,19-21H2,1-2H3,(H2,28,30,31);1H. The molecule has 182 valence electrons. The van der Waals surface area contributed by atoms with E-state index in [2.05, 4.69) is 86.6 Å². The molecule has 7 heteroatoms. The number of benzene rings is 2. The summed E-state index contributed by atoms with van der Waals surface area (Å²) in [6.07, 6.45) is 6.44. The summed E-state index contributed by atoms with van der Waals surface area (Å²) in [5, 5.41) is 7.03. The van der Waals surface area contributed by atoms with E-state index in [0.29, 0.717) is 12.6 Å². The summed E-state index contributed by atoms with van der Waals surface area (Å²) in [6, 6.07) is 19.9. The summed E-state index contributed by atoms with van der Waals surface area (Å²) >= 11 is 0. The van der Waals surface area contributed by atoms with Gasteiger partial charge in [0.25, 0.3) is 0 Å². The molecule has 0 radical (unpaired) electrons. The highest BCUT2D eigenvalue weighted by atomic mass is 127. The van der Waals surface area contributed by atoms with Gasteiger partial charge in [-0.2, -0.15) is 0 Å². The summed E-state index contributed by atoms with van der Waals surface area (Å²) in [7, 11) is 0. The zero-order chi connectivity index (χ0) is 22.9. The van der Waals surface area contributed by atoms with Gasteiger partial charge in [-0.1, -0.05) is 54.6 Å². The average Bonchev–Trinajstić information content (AvgIpc) is 3.51. The van der Waals surface area contributed by atoms with Crippen molar-refractivity contribution in [2.75, 3.05) is 26.2 Å². The molecule has 34 heavy (non-hydrogen) atoms. The lowest BCUT2D eigenvalue weighted by atomic mass is 10.1. The second-order valence-electron chi connectivity index (χ2n) is 8.67. The Kier molecular flexibility index (Phi) is 10.4. The molecule has 0 spiro atoms. The van der Waals surface area contributed by atoms with Crippen LogP contribution in [-0.2, 0) is 13.1 Å². The molecule has 0 amide bonds. The minimum atomic E-state index is 0. The van der Waals surface area contributed by atoms with E-state index in [0.717, 1.165) is 44.5 Å². The lowest BCUT2D eigenvalue weighted by molar-refractivity contribution is 0.245. The van der Waals surface area contributed by atoms with Gasteiger partial charge in [-0.15, -0.1) is 24.0 Å². The Bertz CT molecular complexity index is 1030. The van der Waals surface area contributed by atoms with Crippen LogP contribution in [0.1, 0.15) is 48.3 Å². The minimum absolute atomic E-state index is 0. The number of halogens is 1. The van der Waals surface area contributed by atoms with E-state index < -0.39 is 0 Å². The third-order valence-corrected chi connectivity index (χ3v) is 6.26. The highest BCUT2D eigenvalue weighted by Gasteiger charge is 2.23. The summed E-state index contributed by atoms with van der Waals surface area (Å²) in [5.41, 5.74) is 3.84. The number of nitrogens with zero attached hydrogens (tertiary/aromatic N) is 4. The normalized spacial score (nSPS) is 15.1. The molecule has 0 bridgehead atoms. The molecule has 1 fully saturated rings. The smallest absolute Gasteiger partial charge is 0.191 e. The van der Waals surface area contributed by atoms with Crippen molar-refractivity contribution >= 4 is 29.9 Å². The quantitative estimate of drug-likeness (QED) is 0.221. The van der Waals surface area contributed by atoms with Crippen LogP contribution in [0, 0.1) is 6.92 Å². The maximum atomic E-state index is 4.89. The lowest BCUT2D eigenvalue weighted by Gasteiger charge is -2.29. The number of aliphatic imine (C=N–C) groups is 1. The molecule has 1 aliphatic rings.